The maximum absolute atomic E-state index is 12.7. The molecule has 1 fully saturated rings. The molecule has 0 bridgehead atoms. The minimum atomic E-state index is -0.639. The maximum Gasteiger partial charge on any atom is 0.226 e. The molecule has 0 saturated heterocycles. The summed E-state index contributed by atoms with van der Waals surface area (Å²) in [5.41, 5.74) is 1.97. The van der Waals surface area contributed by atoms with Gasteiger partial charge in [0.2, 0.25) is 5.91 Å². The van der Waals surface area contributed by atoms with Gasteiger partial charge in [-0.05, 0) is 43.2 Å². The third-order valence-corrected chi connectivity index (χ3v) is 5.73. The monoisotopic (exact) mass is 455 g/mol. The Bertz CT molecular complexity index is 1100. The zero-order chi connectivity index (χ0) is 21.8. The Labute approximate surface area is 189 Å². The van der Waals surface area contributed by atoms with E-state index in [1.54, 1.807) is 24.4 Å². The predicted molar refractivity (Wildman–Crippen MR) is 118 cm³/mol. The number of hydrogen-bond acceptors (Lipinski definition) is 6. The van der Waals surface area contributed by atoms with Gasteiger partial charge < -0.3 is 10.6 Å². The van der Waals surface area contributed by atoms with Crippen molar-refractivity contribution in [2.24, 2.45) is 5.41 Å². The molecular formula is C22H19Cl2N5O2. The quantitative estimate of drug-likeness (QED) is 0.482. The third-order valence-electron chi connectivity index (χ3n) is 5.18. The molecule has 1 amide bonds. The summed E-state index contributed by atoms with van der Waals surface area (Å²) >= 11 is 12.1. The molecule has 2 aromatic heterocycles. The maximum atomic E-state index is 12.7. The first-order valence-corrected chi connectivity index (χ1v) is 10.4. The van der Waals surface area contributed by atoms with Crippen LogP contribution in [0.2, 0.25) is 10.0 Å². The van der Waals surface area contributed by atoms with Gasteiger partial charge in [0.1, 0.15) is 6.33 Å². The van der Waals surface area contributed by atoms with Gasteiger partial charge in [-0.3, -0.25) is 14.6 Å². The Hall–Kier alpha value is -3.03. The minimum Gasteiger partial charge on any atom is -0.353 e. The molecule has 1 aliphatic carbocycles. The van der Waals surface area contributed by atoms with E-state index in [1.807, 2.05) is 12.1 Å². The Balaban J connectivity index is 1.31. The first-order valence-electron chi connectivity index (χ1n) is 9.69. The van der Waals surface area contributed by atoms with Crippen LogP contribution in [0.3, 0.4) is 0 Å². The number of Topliss-reactive ketones (excluding diaryl/α,β-unsaturated/α-hetero) is 1. The topological polar surface area (TPSA) is 96.9 Å². The van der Waals surface area contributed by atoms with E-state index in [2.05, 4.69) is 25.6 Å². The molecular weight excluding hydrogens is 437 g/mol. The van der Waals surface area contributed by atoms with E-state index in [4.69, 9.17) is 23.2 Å². The fourth-order valence-electron chi connectivity index (χ4n) is 3.20. The average molecular weight is 456 g/mol. The van der Waals surface area contributed by atoms with Crippen molar-refractivity contribution in [3.63, 3.8) is 0 Å². The third kappa shape index (κ3) is 5.18. The second-order valence-electron chi connectivity index (χ2n) is 7.48. The lowest BCUT2D eigenvalue weighted by Gasteiger charge is -2.14. The van der Waals surface area contributed by atoms with Crippen molar-refractivity contribution < 1.29 is 9.59 Å². The van der Waals surface area contributed by atoms with E-state index in [-0.39, 0.29) is 24.7 Å². The van der Waals surface area contributed by atoms with Crippen molar-refractivity contribution in [2.45, 2.75) is 25.8 Å². The van der Waals surface area contributed by atoms with Crippen LogP contribution in [0.1, 0.15) is 35.3 Å². The molecule has 9 heteroatoms. The van der Waals surface area contributed by atoms with Crippen molar-refractivity contribution in [2.75, 3.05) is 5.32 Å². The highest BCUT2D eigenvalue weighted by molar-refractivity contribution is 6.36. The summed E-state index contributed by atoms with van der Waals surface area (Å²) in [7, 11) is 0. The lowest BCUT2D eigenvalue weighted by Crippen LogP contribution is -2.33. The number of rotatable bonds is 8. The molecule has 3 aromatic rings. The standard InChI is InChI=1S/C22H19Cl2N5O2/c23-15-1-4-19(18(24)7-15)29-17-3-2-16(27-12-17)11-28-21(31)22(5-6-22)8-20(30)14-9-25-13-26-10-14/h1-4,7,9-10,12-13,29H,5-6,8,11H2,(H,28,31). The summed E-state index contributed by atoms with van der Waals surface area (Å²) in [6, 6.07) is 8.86. The van der Waals surface area contributed by atoms with E-state index in [9.17, 15) is 9.59 Å². The number of carbonyl (C=O) groups is 2. The lowest BCUT2D eigenvalue weighted by atomic mass is 9.96. The van der Waals surface area contributed by atoms with Crippen molar-refractivity contribution in [3.8, 4) is 0 Å². The van der Waals surface area contributed by atoms with E-state index in [0.717, 1.165) is 11.4 Å². The molecule has 158 valence electrons. The molecule has 1 saturated carbocycles. The normalized spacial score (nSPS) is 14.0. The van der Waals surface area contributed by atoms with E-state index < -0.39 is 5.41 Å². The highest BCUT2D eigenvalue weighted by Gasteiger charge is 2.51. The molecule has 31 heavy (non-hydrogen) atoms. The summed E-state index contributed by atoms with van der Waals surface area (Å²) in [6.45, 7) is 0.283. The van der Waals surface area contributed by atoms with Crippen molar-refractivity contribution in [1.82, 2.24) is 20.3 Å². The number of nitrogens with zero attached hydrogens (tertiary/aromatic N) is 3. The van der Waals surface area contributed by atoms with Crippen LogP contribution in [-0.4, -0.2) is 26.6 Å². The molecule has 0 atom stereocenters. The van der Waals surface area contributed by atoms with Gasteiger partial charge in [0, 0.05) is 23.8 Å². The number of ketones is 1. The van der Waals surface area contributed by atoms with E-state index >= 15 is 0 Å². The van der Waals surface area contributed by atoms with Gasteiger partial charge in [-0.1, -0.05) is 23.2 Å². The van der Waals surface area contributed by atoms with E-state index in [0.29, 0.717) is 34.1 Å². The summed E-state index contributed by atoms with van der Waals surface area (Å²) in [6.07, 6.45) is 7.52. The van der Waals surface area contributed by atoms with Crippen LogP contribution < -0.4 is 10.6 Å². The number of amides is 1. The van der Waals surface area contributed by atoms with Crippen molar-refractivity contribution >= 4 is 46.3 Å². The van der Waals surface area contributed by atoms with E-state index in [1.165, 1.54) is 18.7 Å². The Kier molecular flexibility index (Phi) is 6.15. The van der Waals surface area contributed by atoms with Gasteiger partial charge in [-0.25, -0.2) is 9.97 Å². The van der Waals surface area contributed by atoms with Crippen LogP contribution in [0, 0.1) is 5.41 Å². The molecule has 0 aliphatic heterocycles. The van der Waals surface area contributed by atoms with Crippen LogP contribution in [0.15, 0.2) is 55.2 Å². The zero-order valence-electron chi connectivity index (χ0n) is 16.4. The summed E-state index contributed by atoms with van der Waals surface area (Å²) in [5.74, 6) is -0.252. The fraction of sp³-hybridized carbons (Fsp3) is 0.227. The van der Waals surface area contributed by atoms with Crippen LogP contribution in [-0.2, 0) is 11.3 Å². The number of nitrogens with one attached hydrogen (secondary N) is 2. The number of anilines is 2. The number of pyridine rings is 1. The molecule has 0 spiro atoms. The number of hydrogen-bond donors (Lipinski definition) is 2. The number of halogens is 2. The first-order chi connectivity index (χ1) is 14.9. The van der Waals surface area contributed by atoms with Crippen LogP contribution in [0.4, 0.5) is 11.4 Å². The van der Waals surface area contributed by atoms with Crippen molar-refractivity contribution in [1.29, 1.82) is 0 Å². The Morgan fingerprint density at radius 1 is 1.03 bits per heavy atom. The molecule has 0 unspecified atom stereocenters. The SMILES string of the molecule is O=C(CC1(C(=O)NCc2ccc(Nc3ccc(Cl)cc3Cl)cn2)CC1)c1cncnc1. The summed E-state index contributed by atoms with van der Waals surface area (Å²) in [5, 5.41) is 7.15. The van der Waals surface area contributed by atoms with Gasteiger partial charge in [0.15, 0.2) is 5.78 Å². The Morgan fingerprint density at radius 2 is 1.81 bits per heavy atom. The van der Waals surface area contributed by atoms with Gasteiger partial charge >= 0.3 is 0 Å². The summed E-state index contributed by atoms with van der Waals surface area (Å²) in [4.78, 5) is 37.2. The van der Waals surface area contributed by atoms with Crippen LogP contribution in [0.25, 0.3) is 0 Å². The second-order valence-corrected chi connectivity index (χ2v) is 8.32. The van der Waals surface area contributed by atoms with Gasteiger partial charge in [-0.2, -0.15) is 0 Å². The predicted octanol–water partition coefficient (Wildman–Crippen LogP) is 4.59. The zero-order valence-corrected chi connectivity index (χ0v) is 18.0. The smallest absolute Gasteiger partial charge is 0.226 e. The number of benzene rings is 1. The first kappa shape index (κ1) is 21.2. The molecule has 7 nitrogen and oxygen atoms in total. The average Bonchev–Trinajstić information content (AvgIpc) is 3.56. The number of carbonyl (C=O) groups excluding carboxylic acids is 2. The van der Waals surface area contributed by atoms with Crippen LogP contribution in [0.5, 0.6) is 0 Å². The molecule has 2 heterocycles. The molecule has 1 aromatic carbocycles. The molecule has 1 aliphatic rings. The number of aromatic nitrogens is 3. The Morgan fingerprint density at radius 3 is 2.45 bits per heavy atom. The molecule has 4 rings (SSSR count). The minimum absolute atomic E-state index is 0.123. The van der Waals surface area contributed by atoms with Crippen LogP contribution >= 0.6 is 23.2 Å². The van der Waals surface area contributed by atoms with Gasteiger partial charge in [0.25, 0.3) is 0 Å². The second kappa shape index (κ2) is 8.99. The van der Waals surface area contributed by atoms with Crippen molar-refractivity contribution in [3.05, 3.63) is 76.6 Å². The highest BCUT2D eigenvalue weighted by atomic mass is 35.5. The highest BCUT2D eigenvalue weighted by Crippen LogP contribution is 2.49. The lowest BCUT2D eigenvalue weighted by molar-refractivity contribution is -0.126. The largest absolute Gasteiger partial charge is 0.353 e. The fourth-order valence-corrected chi connectivity index (χ4v) is 3.65. The van der Waals surface area contributed by atoms with Gasteiger partial charge in [0.05, 0.1) is 45.8 Å². The molecule has 0 radical (unpaired) electrons. The summed E-state index contributed by atoms with van der Waals surface area (Å²) < 4.78 is 0. The van der Waals surface area contributed by atoms with Gasteiger partial charge in [-0.15, -0.1) is 0 Å². The molecule has 2 N–H and O–H groups in total.